The molecule has 0 spiro atoms. The number of benzene rings is 1. The second kappa shape index (κ2) is 4.49. The monoisotopic (exact) mass is 256 g/mol. The Morgan fingerprint density at radius 2 is 1.76 bits per heavy atom. The van der Waals surface area contributed by atoms with E-state index in [1.807, 2.05) is 0 Å². The van der Waals surface area contributed by atoms with Crippen LogP contribution in [0, 0.1) is 0 Å². The van der Waals surface area contributed by atoms with Gasteiger partial charge in [0.2, 0.25) is 0 Å². The first-order valence-electron chi connectivity index (χ1n) is 5.18. The molecule has 17 heavy (non-hydrogen) atoms. The van der Waals surface area contributed by atoms with Crippen molar-refractivity contribution in [1.29, 1.82) is 0 Å². The number of carboxylic acid groups (broad SMARTS) is 1. The van der Waals surface area contributed by atoms with Crippen molar-refractivity contribution in [2.75, 3.05) is 0 Å². The van der Waals surface area contributed by atoms with E-state index in [-0.39, 0.29) is 11.3 Å². The fraction of sp³-hybridized carbons (Fsp3) is 0.417. The maximum atomic E-state index is 12.0. The van der Waals surface area contributed by atoms with E-state index >= 15 is 0 Å². The Kier molecular flexibility index (Phi) is 3.62. The number of hydrogen-bond acceptors (Lipinski definition) is 3. The molecule has 0 aromatic heterocycles. The summed E-state index contributed by atoms with van der Waals surface area (Å²) in [6.45, 7) is 4.81. The van der Waals surface area contributed by atoms with Crippen LogP contribution in [0.15, 0.2) is 24.3 Å². The Bertz CT molecular complexity index is 524. The maximum absolute atomic E-state index is 12.0. The summed E-state index contributed by atoms with van der Waals surface area (Å²) in [6, 6.07) is 6.17. The highest BCUT2D eigenvalue weighted by Gasteiger charge is 2.30. The second-order valence-corrected chi connectivity index (χ2v) is 7.58. The van der Waals surface area contributed by atoms with Crippen molar-refractivity contribution in [2.45, 2.75) is 31.3 Å². The van der Waals surface area contributed by atoms with E-state index in [9.17, 15) is 13.2 Å². The predicted octanol–water partition coefficient (Wildman–Crippen LogP) is 2.10. The van der Waals surface area contributed by atoms with Gasteiger partial charge in [0.15, 0.2) is 9.84 Å². The van der Waals surface area contributed by atoms with E-state index in [4.69, 9.17) is 5.11 Å². The van der Waals surface area contributed by atoms with Crippen molar-refractivity contribution in [1.82, 2.24) is 0 Å². The van der Waals surface area contributed by atoms with E-state index in [2.05, 4.69) is 0 Å². The van der Waals surface area contributed by atoms with Gasteiger partial charge in [-0.05, 0) is 32.4 Å². The summed E-state index contributed by atoms with van der Waals surface area (Å²) in [6.07, 6.45) is 0. The molecule has 0 unspecified atom stereocenters. The third-order valence-electron chi connectivity index (χ3n) is 2.53. The summed E-state index contributed by atoms with van der Waals surface area (Å²) in [4.78, 5) is 11.0. The van der Waals surface area contributed by atoms with Crippen LogP contribution in [0.5, 0.6) is 0 Å². The molecule has 5 heteroatoms. The molecular weight excluding hydrogens is 240 g/mol. The normalized spacial score (nSPS) is 12.4. The maximum Gasteiger partial charge on any atom is 0.335 e. The summed E-state index contributed by atoms with van der Waals surface area (Å²) < 4.78 is 23.1. The van der Waals surface area contributed by atoms with E-state index in [0.717, 1.165) is 0 Å². The Morgan fingerprint density at radius 1 is 1.24 bits per heavy atom. The molecule has 0 bridgehead atoms. The van der Waals surface area contributed by atoms with Gasteiger partial charge in [-0.3, -0.25) is 0 Å². The number of carbonyl (C=O) groups is 1. The van der Waals surface area contributed by atoms with Gasteiger partial charge in [-0.15, -0.1) is 0 Å². The van der Waals surface area contributed by atoms with Crippen molar-refractivity contribution in [2.24, 2.45) is 0 Å². The van der Waals surface area contributed by atoms with Crippen LogP contribution >= 0.6 is 0 Å². The van der Waals surface area contributed by atoms with E-state index < -0.39 is 20.6 Å². The summed E-state index contributed by atoms with van der Waals surface area (Å²) in [5.74, 6) is -1.36. The van der Waals surface area contributed by atoms with Gasteiger partial charge in [-0.25, -0.2) is 13.2 Å². The Balaban J connectivity index is 3.18. The highest BCUT2D eigenvalue weighted by atomic mass is 32.2. The SMILES string of the molecule is CC(C)(C)S(=O)(=O)Cc1ccccc1C(=O)O. The molecule has 1 aromatic rings. The molecule has 0 amide bonds. The highest BCUT2D eigenvalue weighted by Crippen LogP contribution is 2.22. The minimum absolute atomic E-state index is 0.0420. The van der Waals surface area contributed by atoms with Crippen molar-refractivity contribution < 1.29 is 18.3 Å². The van der Waals surface area contributed by atoms with Crippen molar-refractivity contribution in [3.63, 3.8) is 0 Å². The van der Waals surface area contributed by atoms with Crippen LogP contribution < -0.4 is 0 Å². The third-order valence-corrected chi connectivity index (χ3v) is 5.08. The molecule has 1 rings (SSSR count). The molecule has 0 saturated heterocycles. The van der Waals surface area contributed by atoms with Gasteiger partial charge < -0.3 is 5.11 Å². The lowest BCUT2D eigenvalue weighted by molar-refractivity contribution is 0.0696. The standard InChI is InChI=1S/C12H16O4S/c1-12(2,3)17(15,16)8-9-6-4-5-7-10(9)11(13)14/h4-7H,8H2,1-3H3,(H,13,14). The lowest BCUT2D eigenvalue weighted by Gasteiger charge is -2.19. The number of sulfone groups is 1. The Morgan fingerprint density at radius 3 is 2.24 bits per heavy atom. The number of aromatic carboxylic acids is 1. The number of hydrogen-bond donors (Lipinski definition) is 1. The molecule has 0 atom stereocenters. The quantitative estimate of drug-likeness (QED) is 0.899. The fourth-order valence-electron chi connectivity index (χ4n) is 1.28. The van der Waals surface area contributed by atoms with E-state index in [1.54, 1.807) is 32.9 Å². The lowest BCUT2D eigenvalue weighted by Crippen LogP contribution is -2.29. The van der Waals surface area contributed by atoms with Gasteiger partial charge in [-0.2, -0.15) is 0 Å². The predicted molar refractivity (Wildman–Crippen MR) is 65.8 cm³/mol. The van der Waals surface area contributed by atoms with Crippen LogP contribution in [0.4, 0.5) is 0 Å². The molecule has 0 heterocycles. The molecule has 1 aromatic carbocycles. The zero-order chi connectivity index (χ0) is 13.3. The van der Waals surface area contributed by atoms with E-state index in [0.29, 0.717) is 5.56 Å². The summed E-state index contributed by atoms with van der Waals surface area (Å²) in [7, 11) is -3.37. The molecule has 0 radical (unpaired) electrons. The molecule has 0 aliphatic carbocycles. The molecule has 4 nitrogen and oxygen atoms in total. The zero-order valence-electron chi connectivity index (χ0n) is 10.1. The molecule has 94 valence electrons. The molecule has 1 N–H and O–H groups in total. The Labute approximate surface area is 101 Å². The topological polar surface area (TPSA) is 71.4 Å². The first-order chi connectivity index (χ1) is 7.65. The van der Waals surface area contributed by atoms with Gasteiger partial charge in [0.25, 0.3) is 0 Å². The van der Waals surface area contributed by atoms with Crippen LogP contribution in [0.25, 0.3) is 0 Å². The molecule has 0 saturated carbocycles. The van der Waals surface area contributed by atoms with Gasteiger partial charge >= 0.3 is 5.97 Å². The van der Waals surface area contributed by atoms with Crippen LogP contribution in [-0.4, -0.2) is 24.2 Å². The minimum Gasteiger partial charge on any atom is -0.478 e. The molecule has 0 fully saturated rings. The average molecular weight is 256 g/mol. The summed E-state index contributed by atoms with van der Waals surface area (Å²) in [5.41, 5.74) is 0.371. The molecule has 0 aliphatic heterocycles. The van der Waals surface area contributed by atoms with Gasteiger partial charge in [-0.1, -0.05) is 18.2 Å². The smallest absolute Gasteiger partial charge is 0.335 e. The fourth-order valence-corrected chi connectivity index (χ4v) is 2.37. The number of carboxylic acids is 1. The number of rotatable bonds is 3. The Hall–Kier alpha value is -1.36. The van der Waals surface area contributed by atoms with Crippen LogP contribution in [0.2, 0.25) is 0 Å². The lowest BCUT2D eigenvalue weighted by atomic mass is 10.1. The largest absolute Gasteiger partial charge is 0.478 e. The average Bonchev–Trinajstić information content (AvgIpc) is 2.15. The van der Waals surface area contributed by atoms with Crippen molar-refractivity contribution in [3.8, 4) is 0 Å². The summed E-state index contributed by atoms with van der Waals surface area (Å²) >= 11 is 0. The minimum atomic E-state index is -3.37. The van der Waals surface area contributed by atoms with Crippen LogP contribution in [0.3, 0.4) is 0 Å². The molecule has 0 aliphatic rings. The van der Waals surface area contributed by atoms with Gasteiger partial charge in [0.1, 0.15) is 0 Å². The first kappa shape index (κ1) is 13.7. The van der Waals surface area contributed by atoms with Crippen molar-refractivity contribution in [3.05, 3.63) is 35.4 Å². The second-order valence-electron chi connectivity index (χ2n) is 4.83. The van der Waals surface area contributed by atoms with Gasteiger partial charge in [0, 0.05) is 0 Å². The van der Waals surface area contributed by atoms with Crippen molar-refractivity contribution >= 4 is 15.8 Å². The van der Waals surface area contributed by atoms with Crippen LogP contribution in [0.1, 0.15) is 36.7 Å². The van der Waals surface area contributed by atoms with Crippen LogP contribution in [-0.2, 0) is 15.6 Å². The van der Waals surface area contributed by atoms with E-state index in [1.165, 1.54) is 12.1 Å². The van der Waals surface area contributed by atoms with Gasteiger partial charge in [0.05, 0.1) is 16.1 Å². The third kappa shape index (κ3) is 3.06. The highest BCUT2D eigenvalue weighted by molar-refractivity contribution is 7.91. The summed E-state index contributed by atoms with van der Waals surface area (Å²) in [5, 5.41) is 8.97. The first-order valence-corrected chi connectivity index (χ1v) is 6.84. The molecular formula is C12H16O4S. The zero-order valence-corrected chi connectivity index (χ0v) is 10.9.